The Morgan fingerprint density at radius 1 is 1.58 bits per heavy atom. The second-order valence-corrected chi connectivity index (χ2v) is 3.24. The Morgan fingerprint density at radius 3 is 3.17 bits per heavy atom. The van der Waals surface area contributed by atoms with Crippen LogP contribution in [0.25, 0.3) is 0 Å². The highest BCUT2D eigenvalue weighted by Crippen LogP contribution is 2.31. The highest BCUT2D eigenvalue weighted by molar-refractivity contribution is 5.44. The van der Waals surface area contributed by atoms with Gasteiger partial charge in [-0.15, -0.1) is 0 Å². The van der Waals surface area contributed by atoms with Gasteiger partial charge in [-0.1, -0.05) is 18.2 Å². The van der Waals surface area contributed by atoms with Gasteiger partial charge in [-0.05, 0) is 12.5 Å². The SMILES string of the molecule is C[C@@H]1Cc2cccc(CN)c2O1. The molecule has 1 atom stereocenters. The van der Waals surface area contributed by atoms with Crippen molar-refractivity contribution in [2.45, 2.75) is 26.0 Å². The molecule has 2 nitrogen and oxygen atoms in total. The van der Waals surface area contributed by atoms with E-state index in [1.807, 2.05) is 12.1 Å². The Kier molecular flexibility index (Phi) is 1.77. The molecule has 1 heterocycles. The predicted molar refractivity (Wildman–Crippen MR) is 48.1 cm³/mol. The second-order valence-electron chi connectivity index (χ2n) is 3.24. The van der Waals surface area contributed by atoms with Crippen molar-refractivity contribution in [2.75, 3.05) is 0 Å². The zero-order valence-electron chi connectivity index (χ0n) is 7.21. The van der Waals surface area contributed by atoms with Gasteiger partial charge in [-0.25, -0.2) is 0 Å². The number of hydrogen-bond acceptors (Lipinski definition) is 2. The van der Waals surface area contributed by atoms with Gasteiger partial charge in [-0.2, -0.15) is 0 Å². The summed E-state index contributed by atoms with van der Waals surface area (Å²) in [6.45, 7) is 2.65. The Bertz CT molecular complexity index is 296. The standard InChI is InChI=1S/C10H13NO/c1-7-5-8-3-2-4-9(6-11)10(8)12-7/h2-4,7H,5-6,11H2,1H3/t7-/m1/s1. The zero-order valence-corrected chi connectivity index (χ0v) is 7.21. The van der Waals surface area contributed by atoms with Crippen molar-refractivity contribution >= 4 is 0 Å². The lowest BCUT2D eigenvalue weighted by Gasteiger charge is -2.06. The summed E-state index contributed by atoms with van der Waals surface area (Å²) in [5.41, 5.74) is 8.01. The Hall–Kier alpha value is -1.02. The first-order chi connectivity index (χ1) is 5.81. The largest absolute Gasteiger partial charge is 0.490 e. The van der Waals surface area contributed by atoms with E-state index < -0.39 is 0 Å². The van der Waals surface area contributed by atoms with Crippen molar-refractivity contribution in [3.63, 3.8) is 0 Å². The first-order valence-electron chi connectivity index (χ1n) is 4.28. The average molecular weight is 163 g/mol. The number of para-hydroxylation sites is 1. The fourth-order valence-corrected chi connectivity index (χ4v) is 1.66. The third-order valence-electron chi connectivity index (χ3n) is 2.22. The molecule has 2 heteroatoms. The number of nitrogens with two attached hydrogens (primary N) is 1. The van der Waals surface area contributed by atoms with Crippen LogP contribution in [0.15, 0.2) is 18.2 Å². The van der Waals surface area contributed by atoms with Gasteiger partial charge >= 0.3 is 0 Å². The van der Waals surface area contributed by atoms with Crippen LogP contribution in [0.2, 0.25) is 0 Å². The van der Waals surface area contributed by atoms with Crippen molar-refractivity contribution in [1.82, 2.24) is 0 Å². The first kappa shape index (κ1) is 7.62. The molecule has 64 valence electrons. The highest BCUT2D eigenvalue weighted by Gasteiger charge is 2.20. The molecule has 0 saturated heterocycles. The van der Waals surface area contributed by atoms with Crippen LogP contribution in [0.4, 0.5) is 0 Å². The summed E-state index contributed by atoms with van der Waals surface area (Å²) in [7, 11) is 0. The van der Waals surface area contributed by atoms with Crippen LogP contribution in [0.3, 0.4) is 0 Å². The van der Waals surface area contributed by atoms with E-state index in [4.69, 9.17) is 10.5 Å². The molecule has 2 rings (SSSR count). The van der Waals surface area contributed by atoms with Crippen LogP contribution < -0.4 is 10.5 Å². The normalized spacial score (nSPS) is 20.3. The molecule has 2 N–H and O–H groups in total. The molecule has 12 heavy (non-hydrogen) atoms. The molecule has 0 aliphatic carbocycles. The Balaban J connectivity index is 2.44. The molecule has 0 unspecified atom stereocenters. The fourth-order valence-electron chi connectivity index (χ4n) is 1.66. The molecule has 0 spiro atoms. The molecule has 1 aliphatic heterocycles. The van der Waals surface area contributed by atoms with Gasteiger partial charge < -0.3 is 10.5 Å². The lowest BCUT2D eigenvalue weighted by molar-refractivity contribution is 0.252. The smallest absolute Gasteiger partial charge is 0.127 e. The van der Waals surface area contributed by atoms with Crippen LogP contribution in [0.1, 0.15) is 18.1 Å². The molecule has 0 fully saturated rings. The minimum absolute atomic E-state index is 0.313. The number of fused-ring (bicyclic) bond motifs is 1. The highest BCUT2D eigenvalue weighted by atomic mass is 16.5. The first-order valence-corrected chi connectivity index (χ1v) is 4.28. The summed E-state index contributed by atoms with van der Waals surface area (Å²) in [5.74, 6) is 1.02. The molecular weight excluding hydrogens is 150 g/mol. The molecule has 0 radical (unpaired) electrons. The van der Waals surface area contributed by atoms with E-state index in [2.05, 4.69) is 13.0 Å². The Labute approximate surface area is 72.3 Å². The Morgan fingerprint density at radius 2 is 2.42 bits per heavy atom. The molecule has 1 aromatic rings. The van der Waals surface area contributed by atoms with Gasteiger partial charge in [0.2, 0.25) is 0 Å². The minimum atomic E-state index is 0.313. The van der Waals surface area contributed by atoms with Gasteiger partial charge in [0, 0.05) is 18.5 Å². The van der Waals surface area contributed by atoms with Crippen molar-refractivity contribution in [3.8, 4) is 5.75 Å². The summed E-state index contributed by atoms with van der Waals surface area (Å²) in [5, 5.41) is 0. The van der Waals surface area contributed by atoms with E-state index in [-0.39, 0.29) is 0 Å². The molecule has 0 bridgehead atoms. The van der Waals surface area contributed by atoms with E-state index in [0.717, 1.165) is 17.7 Å². The van der Waals surface area contributed by atoms with Crippen LogP contribution in [-0.4, -0.2) is 6.10 Å². The minimum Gasteiger partial charge on any atom is -0.490 e. The van der Waals surface area contributed by atoms with E-state index in [9.17, 15) is 0 Å². The third kappa shape index (κ3) is 1.08. The zero-order chi connectivity index (χ0) is 8.55. The topological polar surface area (TPSA) is 35.2 Å². The lowest BCUT2D eigenvalue weighted by Crippen LogP contribution is -2.06. The molecule has 1 aliphatic rings. The van der Waals surface area contributed by atoms with Crippen molar-refractivity contribution in [3.05, 3.63) is 29.3 Å². The van der Waals surface area contributed by atoms with E-state index >= 15 is 0 Å². The summed E-state index contributed by atoms with van der Waals surface area (Å²) in [6.07, 6.45) is 1.33. The van der Waals surface area contributed by atoms with Crippen LogP contribution in [0, 0.1) is 0 Å². The van der Waals surface area contributed by atoms with E-state index in [1.54, 1.807) is 0 Å². The van der Waals surface area contributed by atoms with Gasteiger partial charge in [0.1, 0.15) is 11.9 Å². The van der Waals surface area contributed by atoms with Crippen LogP contribution >= 0.6 is 0 Å². The summed E-state index contributed by atoms with van der Waals surface area (Å²) in [6, 6.07) is 6.18. The maximum Gasteiger partial charge on any atom is 0.127 e. The average Bonchev–Trinajstić information content (AvgIpc) is 2.44. The monoisotopic (exact) mass is 163 g/mol. The van der Waals surface area contributed by atoms with E-state index in [0.29, 0.717) is 12.6 Å². The van der Waals surface area contributed by atoms with Crippen molar-refractivity contribution in [2.24, 2.45) is 5.73 Å². The second kappa shape index (κ2) is 2.79. The van der Waals surface area contributed by atoms with Crippen molar-refractivity contribution in [1.29, 1.82) is 0 Å². The van der Waals surface area contributed by atoms with Gasteiger partial charge in [0.15, 0.2) is 0 Å². The van der Waals surface area contributed by atoms with Crippen LogP contribution in [-0.2, 0) is 13.0 Å². The molecule has 0 saturated carbocycles. The number of ether oxygens (including phenoxy) is 1. The quantitative estimate of drug-likeness (QED) is 0.680. The molecule has 0 amide bonds. The lowest BCUT2D eigenvalue weighted by atomic mass is 10.1. The number of benzene rings is 1. The van der Waals surface area contributed by atoms with E-state index in [1.165, 1.54) is 5.56 Å². The predicted octanol–water partition coefficient (Wildman–Crippen LogP) is 1.47. The third-order valence-corrected chi connectivity index (χ3v) is 2.22. The summed E-state index contributed by atoms with van der Waals surface area (Å²) in [4.78, 5) is 0. The number of rotatable bonds is 1. The van der Waals surface area contributed by atoms with Gasteiger partial charge in [0.05, 0.1) is 0 Å². The van der Waals surface area contributed by atoms with Gasteiger partial charge in [0.25, 0.3) is 0 Å². The molecule has 1 aromatic carbocycles. The molecular formula is C10H13NO. The number of hydrogen-bond donors (Lipinski definition) is 1. The van der Waals surface area contributed by atoms with Crippen molar-refractivity contribution < 1.29 is 4.74 Å². The summed E-state index contributed by atoms with van der Waals surface area (Å²) >= 11 is 0. The maximum atomic E-state index is 5.65. The fraction of sp³-hybridized carbons (Fsp3) is 0.400. The van der Waals surface area contributed by atoms with Crippen LogP contribution in [0.5, 0.6) is 5.75 Å². The van der Waals surface area contributed by atoms with Gasteiger partial charge in [-0.3, -0.25) is 0 Å². The molecule has 0 aromatic heterocycles. The summed E-state index contributed by atoms with van der Waals surface area (Å²) < 4.78 is 5.65. The maximum absolute atomic E-state index is 5.65.